The van der Waals surface area contributed by atoms with Crippen LogP contribution in [0.4, 0.5) is 5.00 Å². The summed E-state index contributed by atoms with van der Waals surface area (Å²) < 4.78 is 5.34. The summed E-state index contributed by atoms with van der Waals surface area (Å²) in [4.78, 5) is 14.8. The van der Waals surface area contributed by atoms with E-state index in [9.17, 15) is 4.79 Å². The number of nitrogens with zero attached hydrogens (tertiary/aromatic N) is 2. The van der Waals surface area contributed by atoms with Gasteiger partial charge in [-0.25, -0.2) is 5.43 Å². The summed E-state index contributed by atoms with van der Waals surface area (Å²) in [5, 5.41) is 5.24. The Hall–Kier alpha value is -1.40. The summed E-state index contributed by atoms with van der Waals surface area (Å²) in [6.45, 7) is 3.46. The van der Waals surface area contributed by atoms with Gasteiger partial charge >= 0.3 is 0 Å². The molecule has 1 aromatic rings. The van der Waals surface area contributed by atoms with Crippen molar-refractivity contribution in [3.63, 3.8) is 0 Å². The van der Waals surface area contributed by atoms with Gasteiger partial charge in [0.15, 0.2) is 0 Å². The maximum atomic E-state index is 11.4. The van der Waals surface area contributed by atoms with Crippen molar-refractivity contribution in [1.29, 1.82) is 0 Å². The van der Waals surface area contributed by atoms with Crippen molar-refractivity contribution < 1.29 is 9.53 Å². The number of anilines is 1. The summed E-state index contributed by atoms with van der Waals surface area (Å²) in [6, 6.07) is 4.13. The van der Waals surface area contributed by atoms with Gasteiger partial charge in [0.1, 0.15) is 0 Å². The van der Waals surface area contributed by atoms with Gasteiger partial charge in [0, 0.05) is 23.9 Å². The molecule has 19 heavy (non-hydrogen) atoms. The second-order valence-corrected chi connectivity index (χ2v) is 5.88. The molecule has 5 nitrogen and oxygen atoms in total. The standard InChI is InChI=1S/C13H17N3O2S/c17-13(10-1-2-10)15-14-9-11-3-4-12(19-11)16-5-7-18-8-6-16/h3-4,9-10H,1-2,5-8H2,(H,15,17)/b14-9-. The highest BCUT2D eigenvalue weighted by atomic mass is 32.1. The molecule has 1 aliphatic heterocycles. The van der Waals surface area contributed by atoms with Gasteiger partial charge in [-0.1, -0.05) is 0 Å². The number of nitrogens with one attached hydrogen (secondary N) is 1. The molecule has 1 aromatic heterocycles. The summed E-state index contributed by atoms with van der Waals surface area (Å²) in [5.74, 6) is 0.241. The topological polar surface area (TPSA) is 53.9 Å². The third-order valence-corrected chi connectivity index (χ3v) is 4.33. The van der Waals surface area contributed by atoms with Crippen LogP contribution in [0, 0.1) is 5.92 Å². The highest BCUT2D eigenvalue weighted by Crippen LogP contribution is 2.28. The molecule has 1 N–H and O–H groups in total. The maximum absolute atomic E-state index is 11.4. The number of morpholine rings is 1. The molecule has 2 aliphatic rings. The molecular weight excluding hydrogens is 262 g/mol. The molecule has 6 heteroatoms. The zero-order valence-corrected chi connectivity index (χ0v) is 11.5. The lowest BCUT2D eigenvalue weighted by molar-refractivity contribution is -0.122. The Balaban J connectivity index is 1.54. The van der Waals surface area contributed by atoms with E-state index in [0.29, 0.717) is 0 Å². The number of hydrogen-bond donors (Lipinski definition) is 1. The number of hydrogen-bond acceptors (Lipinski definition) is 5. The van der Waals surface area contributed by atoms with E-state index in [0.717, 1.165) is 44.0 Å². The Kier molecular flexibility index (Phi) is 3.79. The van der Waals surface area contributed by atoms with E-state index in [-0.39, 0.29) is 11.8 Å². The number of carbonyl (C=O) groups is 1. The molecule has 3 rings (SSSR count). The van der Waals surface area contributed by atoms with Crippen LogP contribution in [0.15, 0.2) is 17.2 Å². The van der Waals surface area contributed by atoms with Crippen LogP contribution in [0.1, 0.15) is 17.7 Å². The molecule has 1 saturated carbocycles. The summed E-state index contributed by atoms with van der Waals surface area (Å²) in [7, 11) is 0. The number of rotatable bonds is 4. The monoisotopic (exact) mass is 279 g/mol. The number of hydrazone groups is 1. The van der Waals surface area contributed by atoms with Crippen molar-refractivity contribution in [3.05, 3.63) is 17.0 Å². The molecule has 1 aliphatic carbocycles. The van der Waals surface area contributed by atoms with Gasteiger partial charge in [-0.05, 0) is 25.0 Å². The minimum absolute atomic E-state index is 0.0428. The van der Waals surface area contributed by atoms with Crippen molar-refractivity contribution in [2.24, 2.45) is 11.0 Å². The van der Waals surface area contributed by atoms with Crippen molar-refractivity contribution >= 4 is 28.5 Å². The molecule has 1 amide bonds. The van der Waals surface area contributed by atoms with E-state index >= 15 is 0 Å². The fourth-order valence-electron chi connectivity index (χ4n) is 1.96. The largest absolute Gasteiger partial charge is 0.378 e. The van der Waals surface area contributed by atoms with E-state index in [1.165, 1.54) is 5.00 Å². The Morgan fingerprint density at radius 2 is 2.21 bits per heavy atom. The Labute approximate surface area is 116 Å². The van der Waals surface area contributed by atoms with E-state index in [4.69, 9.17) is 4.74 Å². The molecular formula is C13H17N3O2S. The molecule has 0 bridgehead atoms. The predicted molar refractivity (Wildman–Crippen MR) is 75.8 cm³/mol. The van der Waals surface area contributed by atoms with Crippen molar-refractivity contribution in [2.45, 2.75) is 12.8 Å². The maximum Gasteiger partial charge on any atom is 0.243 e. The second kappa shape index (κ2) is 5.71. The van der Waals surface area contributed by atoms with Gasteiger partial charge in [0.25, 0.3) is 0 Å². The molecule has 2 fully saturated rings. The minimum Gasteiger partial charge on any atom is -0.378 e. The van der Waals surface area contributed by atoms with Gasteiger partial charge in [0.2, 0.25) is 5.91 Å². The predicted octanol–water partition coefficient (Wildman–Crippen LogP) is 1.44. The summed E-state index contributed by atoms with van der Waals surface area (Å²) in [6.07, 6.45) is 3.72. The molecule has 0 unspecified atom stereocenters. The molecule has 0 radical (unpaired) electrons. The summed E-state index contributed by atoms with van der Waals surface area (Å²) >= 11 is 1.68. The molecule has 102 valence electrons. The fraction of sp³-hybridized carbons (Fsp3) is 0.538. The average Bonchev–Trinajstić information content (AvgIpc) is 3.20. The number of amides is 1. The SMILES string of the molecule is O=C(N/N=C\c1ccc(N2CCOCC2)s1)C1CC1. The van der Waals surface area contributed by atoms with Gasteiger partial charge in [-0.3, -0.25) is 4.79 Å². The Morgan fingerprint density at radius 1 is 1.42 bits per heavy atom. The molecule has 2 heterocycles. The molecule has 1 saturated heterocycles. The number of carbonyl (C=O) groups excluding carboxylic acids is 1. The van der Waals surface area contributed by atoms with Crippen LogP contribution in [-0.2, 0) is 9.53 Å². The zero-order valence-electron chi connectivity index (χ0n) is 10.7. The van der Waals surface area contributed by atoms with Crippen molar-refractivity contribution in [1.82, 2.24) is 5.43 Å². The zero-order chi connectivity index (χ0) is 13.1. The van der Waals surface area contributed by atoms with Gasteiger partial charge < -0.3 is 9.64 Å². The molecule has 0 spiro atoms. The quantitative estimate of drug-likeness (QED) is 0.670. The minimum atomic E-state index is 0.0428. The van der Waals surface area contributed by atoms with E-state index in [2.05, 4.69) is 21.5 Å². The second-order valence-electron chi connectivity index (χ2n) is 4.78. The van der Waals surface area contributed by atoms with Gasteiger partial charge in [-0.15, -0.1) is 11.3 Å². The van der Waals surface area contributed by atoms with Crippen molar-refractivity contribution in [2.75, 3.05) is 31.2 Å². The lowest BCUT2D eigenvalue weighted by Crippen LogP contribution is -2.35. The first-order valence-electron chi connectivity index (χ1n) is 6.58. The van der Waals surface area contributed by atoms with E-state index < -0.39 is 0 Å². The number of thiophene rings is 1. The smallest absolute Gasteiger partial charge is 0.243 e. The highest BCUT2D eigenvalue weighted by molar-refractivity contribution is 7.17. The Morgan fingerprint density at radius 3 is 2.95 bits per heavy atom. The van der Waals surface area contributed by atoms with Crippen LogP contribution in [0.25, 0.3) is 0 Å². The fourth-order valence-corrected chi connectivity index (χ4v) is 2.89. The van der Waals surface area contributed by atoms with Crippen LogP contribution in [0.5, 0.6) is 0 Å². The normalized spacial score (nSPS) is 19.9. The van der Waals surface area contributed by atoms with Gasteiger partial charge in [-0.2, -0.15) is 5.10 Å². The van der Waals surface area contributed by atoms with Crippen LogP contribution in [0.2, 0.25) is 0 Å². The number of ether oxygens (including phenoxy) is 1. The third kappa shape index (κ3) is 3.33. The van der Waals surface area contributed by atoms with E-state index in [1.807, 2.05) is 6.07 Å². The van der Waals surface area contributed by atoms with Crippen LogP contribution < -0.4 is 10.3 Å². The van der Waals surface area contributed by atoms with Crippen LogP contribution >= 0.6 is 11.3 Å². The lowest BCUT2D eigenvalue weighted by atomic mass is 10.4. The van der Waals surface area contributed by atoms with Crippen LogP contribution in [-0.4, -0.2) is 38.4 Å². The first kappa shape index (κ1) is 12.6. The molecule has 0 aromatic carbocycles. The summed E-state index contributed by atoms with van der Waals surface area (Å²) in [5.41, 5.74) is 2.59. The first-order chi connectivity index (χ1) is 9.33. The Bertz CT molecular complexity index is 476. The van der Waals surface area contributed by atoms with Crippen LogP contribution in [0.3, 0.4) is 0 Å². The first-order valence-corrected chi connectivity index (χ1v) is 7.40. The van der Waals surface area contributed by atoms with E-state index in [1.54, 1.807) is 17.6 Å². The third-order valence-electron chi connectivity index (χ3n) is 3.25. The van der Waals surface area contributed by atoms with Crippen molar-refractivity contribution in [3.8, 4) is 0 Å². The lowest BCUT2D eigenvalue weighted by Gasteiger charge is -2.27. The molecule has 0 atom stereocenters. The average molecular weight is 279 g/mol. The highest BCUT2D eigenvalue weighted by Gasteiger charge is 2.29. The van der Waals surface area contributed by atoms with Gasteiger partial charge in [0.05, 0.1) is 24.4 Å².